The lowest BCUT2D eigenvalue weighted by Crippen LogP contribution is -2.13. The first-order chi connectivity index (χ1) is 6.84. The molecule has 2 N–H and O–H groups in total. The zero-order valence-corrected chi connectivity index (χ0v) is 8.46. The number of aromatic nitrogens is 1. The molecule has 1 aromatic rings. The standard InChI is InChI=1S/C7H8F2N2O3S/c1-14-6-3-4(15(10,12)13)2-5(11-6)7(8)9/h2-3,7H,1H3,(H2,10,12,13). The molecule has 0 radical (unpaired) electrons. The summed E-state index contributed by atoms with van der Waals surface area (Å²) >= 11 is 0. The Bertz CT molecular complexity index is 461. The van der Waals surface area contributed by atoms with E-state index in [0.29, 0.717) is 6.07 Å². The summed E-state index contributed by atoms with van der Waals surface area (Å²) in [7, 11) is -2.86. The van der Waals surface area contributed by atoms with Gasteiger partial charge in [0, 0.05) is 6.07 Å². The fourth-order valence-corrected chi connectivity index (χ4v) is 1.43. The maximum atomic E-state index is 12.3. The number of nitrogens with two attached hydrogens (primary N) is 1. The molecule has 0 aromatic carbocycles. The fourth-order valence-electron chi connectivity index (χ4n) is 0.882. The molecule has 0 bridgehead atoms. The maximum Gasteiger partial charge on any atom is 0.280 e. The minimum absolute atomic E-state index is 0.225. The third kappa shape index (κ3) is 2.83. The first-order valence-corrected chi connectivity index (χ1v) is 5.26. The van der Waals surface area contributed by atoms with Gasteiger partial charge in [0.1, 0.15) is 5.69 Å². The minimum atomic E-state index is -4.04. The van der Waals surface area contributed by atoms with Crippen LogP contribution in [0.15, 0.2) is 17.0 Å². The van der Waals surface area contributed by atoms with Gasteiger partial charge in [-0.3, -0.25) is 0 Å². The Hall–Kier alpha value is -1.28. The SMILES string of the molecule is COc1cc(S(N)(=O)=O)cc(C(F)F)n1. The number of methoxy groups -OCH3 is 1. The lowest BCUT2D eigenvalue weighted by Gasteiger charge is -2.05. The van der Waals surface area contributed by atoms with Crippen LogP contribution in [0.1, 0.15) is 12.1 Å². The van der Waals surface area contributed by atoms with Crippen molar-refractivity contribution in [1.82, 2.24) is 4.98 Å². The van der Waals surface area contributed by atoms with Crippen molar-refractivity contribution in [1.29, 1.82) is 0 Å². The Labute approximate surface area is 84.9 Å². The number of pyridine rings is 1. The highest BCUT2D eigenvalue weighted by Crippen LogP contribution is 2.23. The molecular weight excluding hydrogens is 230 g/mol. The van der Waals surface area contributed by atoms with E-state index in [4.69, 9.17) is 5.14 Å². The summed E-state index contributed by atoms with van der Waals surface area (Å²) in [5, 5.41) is 4.79. The lowest BCUT2D eigenvalue weighted by molar-refractivity contribution is 0.144. The van der Waals surface area contributed by atoms with Crippen molar-refractivity contribution in [3.8, 4) is 5.88 Å². The summed E-state index contributed by atoms with van der Waals surface area (Å²) < 4.78 is 51.0. The number of hydrogen-bond donors (Lipinski definition) is 1. The number of hydrogen-bond acceptors (Lipinski definition) is 4. The topological polar surface area (TPSA) is 82.3 Å². The number of halogens is 2. The average molecular weight is 238 g/mol. The average Bonchev–Trinajstić information content (AvgIpc) is 2.15. The van der Waals surface area contributed by atoms with Gasteiger partial charge in [-0.15, -0.1) is 0 Å². The second-order valence-electron chi connectivity index (χ2n) is 2.62. The van der Waals surface area contributed by atoms with Crippen LogP contribution in [0, 0.1) is 0 Å². The molecule has 0 spiro atoms. The van der Waals surface area contributed by atoms with Crippen molar-refractivity contribution in [2.75, 3.05) is 7.11 Å². The van der Waals surface area contributed by atoms with E-state index in [1.54, 1.807) is 0 Å². The third-order valence-corrected chi connectivity index (χ3v) is 2.45. The third-order valence-electron chi connectivity index (χ3n) is 1.56. The molecule has 0 aliphatic carbocycles. The van der Waals surface area contributed by atoms with Gasteiger partial charge in [-0.2, -0.15) is 0 Å². The molecule has 84 valence electrons. The smallest absolute Gasteiger partial charge is 0.280 e. The van der Waals surface area contributed by atoms with E-state index in [1.807, 2.05) is 0 Å². The first kappa shape index (κ1) is 11.8. The Morgan fingerprint density at radius 2 is 2.07 bits per heavy atom. The van der Waals surface area contributed by atoms with Crippen LogP contribution in [0.2, 0.25) is 0 Å². The van der Waals surface area contributed by atoms with Crippen molar-refractivity contribution < 1.29 is 21.9 Å². The molecule has 0 unspecified atom stereocenters. The number of ether oxygens (including phenoxy) is 1. The molecule has 0 amide bonds. The summed E-state index contributed by atoms with van der Waals surface area (Å²) in [6.07, 6.45) is -2.89. The Kier molecular flexibility index (Phi) is 3.20. The normalized spacial score (nSPS) is 11.8. The zero-order valence-electron chi connectivity index (χ0n) is 7.65. The number of sulfonamides is 1. The second-order valence-corrected chi connectivity index (χ2v) is 4.18. The van der Waals surface area contributed by atoms with Crippen molar-refractivity contribution in [2.45, 2.75) is 11.3 Å². The molecule has 8 heteroatoms. The number of primary sulfonamides is 1. The first-order valence-electron chi connectivity index (χ1n) is 3.71. The molecule has 15 heavy (non-hydrogen) atoms. The predicted octanol–water partition coefficient (Wildman–Crippen LogP) is 0.675. The predicted molar refractivity (Wildman–Crippen MR) is 47.1 cm³/mol. The highest BCUT2D eigenvalue weighted by molar-refractivity contribution is 7.89. The maximum absolute atomic E-state index is 12.3. The molecule has 1 rings (SSSR count). The molecule has 0 aliphatic rings. The molecule has 1 aromatic heterocycles. The van der Waals surface area contributed by atoms with Crippen LogP contribution >= 0.6 is 0 Å². The van der Waals surface area contributed by atoms with Gasteiger partial charge in [0.2, 0.25) is 15.9 Å². The summed E-state index contributed by atoms with van der Waals surface area (Å²) in [6, 6.07) is 1.68. The molecule has 0 saturated heterocycles. The van der Waals surface area contributed by atoms with Crippen LogP contribution in [-0.2, 0) is 10.0 Å². The molecule has 0 aliphatic heterocycles. The monoisotopic (exact) mass is 238 g/mol. The van der Waals surface area contributed by atoms with Crippen LogP contribution in [0.4, 0.5) is 8.78 Å². The van der Waals surface area contributed by atoms with Crippen LogP contribution in [0.3, 0.4) is 0 Å². The highest BCUT2D eigenvalue weighted by Gasteiger charge is 2.17. The number of rotatable bonds is 3. The molecule has 0 atom stereocenters. The van der Waals surface area contributed by atoms with Crippen molar-refractivity contribution in [3.05, 3.63) is 17.8 Å². The summed E-state index contributed by atoms with van der Waals surface area (Å²) in [5.74, 6) is -0.225. The summed E-state index contributed by atoms with van der Waals surface area (Å²) in [6.45, 7) is 0. The largest absolute Gasteiger partial charge is 0.481 e. The Morgan fingerprint density at radius 3 is 2.47 bits per heavy atom. The van der Waals surface area contributed by atoms with E-state index >= 15 is 0 Å². The van der Waals surface area contributed by atoms with Gasteiger partial charge in [0.05, 0.1) is 12.0 Å². The molecular formula is C7H8F2N2O3S. The van der Waals surface area contributed by atoms with Gasteiger partial charge in [-0.1, -0.05) is 0 Å². The molecule has 5 nitrogen and oxygen atoms in total. The fraction of sp³-hybridized carbons (Fsp3) is 0.286. The summed E-state index contributed by atoms with van der Waals surface area (Å²) in [5.41, 5.74) is -0.696. The van der Waals surface area contributed by atoms with E-state index in [-0.39, 0.29) is 5.88 Å². The van der Waals surface area contributed by atoms with E-state index < -0.39 is 27.0 Å². The van der Waals surface area contributed by atoms with Gasteiger partial charge >= 0.3 is 0 Å². The van der Waals surface area contributed by atoms with Crippen LogP contribution in [-0.4, -0.2) is 20.5 Å². The highest BCUT2D eigenvalue weighted by atomic mass is 32.2. The van der Waals surface area contributed by atoms with Crippen molar-refractivity contribution in [2.24, 2.45) is 5.14 Å². The van der Waals surface area contributed by atoms with E-state index in [1.165, 1.54) is 7.11 Å². The van der Waals surface area contributed by atoms with Gasteiger partial charge in [-0.25, -0.2) is 27.3 Å². The molecule has 0 fully saturated rings. The van der Waals surface area contributed by atoms with Gasteiger partial charge in [0.15, 0.2) is 0 Å². The Balaban J connectivity index is 3.36. The summed E-state index contributed by atoms with van der Waals surface area (Å²) in [4.78, 5) is 2.92. The number of nitrogens with zero attached hydrogens (tertiary/aromatic N) is 1. The Morgan fingerprint density at radius 1 is 1.47 bits per heavy atom. The van der Waals surface area contributed by atoms with E-state index in [0.717, 1.165) is 6.07 Å². The van der Waals surface area contributed by atoms with Crippen LogP contribution in [0.25, 0.3) is 0 Å². The quantitative estimate of drug-likeness (QED) is 0.839. The molecule has 1 heterocycles. The van der Waals surface area contributed by atoms with Crippen LogP contribution in [0.5, 0.6) is 5.88 Å². The van der Waals surface area contributed by atoms with Crippen LogP contribution < -0.4 is 9.88 Å². The van der Waals surface area contributed by atoms with E-state index in [9.17, 15) is 17.2 Å². The van der Waals surface area contributed by atoms with Gasteiger partial charge in [-0.05, 0) is 6.07 Å². The van der Waals surface area contributed by atoms with E-state index in [2.05, 4.69) is 9.72 Å². The van der Waals surface area contributed by atoms with Crippen molar-refractivity contribution >= 4 is 10.0 Å². The van der Waals surface area contributed by atoms with Gasteiger partial charge in [0.25, 0.3) is 6.43 Å². The minimum Gasteiger partial charge on any atom is -0.481 e. The van der Waals surface area contributed by atoms with Crippen molar-refractivity contribution in [3.63, 3.8) is 0 Å². The number of alkyl halides is 2. The molecule has 0 saturated carbocycles. The van der Waals surface area contributed by atoms with Gasteiger partial charge < -0.3 is 4.74 Å². The zero-order chi connectivity index (χ0) is 11.6. The lowest BCUT2D eigenvalue weighted by atomic mass is 10.3. The second kappa shape index (κ2) is 4.07.